The maximum Gasteiger partial charge on any atom is 0.0556 e. The summed E-state index contributed by atoms with van der Waals surface area (Å²) in [6.45, 7) is 5.19. The molecule has 0 unspecified atom stereocenters. The van der Waals surface area contributed by atoms with Crippen molar-refractivity contribution in [1.82, 2.24) is 4.57 Å². The zero-order chi connectivity index (χ0) is 14.1. The Morgan fingerprint density at radius 3 is 2.40 bits per heavy atom. The molecule has 0 aliphatic rings. The largest absolute Gasteiger partial charge is 0.379 e. The molecule has 2 nitrogen and oxygen atoms in total. The lowest BCUT2D eigenvalue weighted by Crippen LogP contribution is -2.06. The molecule has 1 heterocycles. The van der Waals surface area contributed by atoms with E-state index >= 15 is 0 Å². The van der Waals surface area contributed by atoms with Crippen LogP contribution in [0.1, 0.15) is 16.8 Å². The van der Waals surface area contributed by atoms with Crippen LogP contribution in [0, 0.1) is 13.8 Å². The van der Waals surface area contributed by atoms with Gasteiger partial charge >= 0.3 is 0 Å². The molecule has 0 atom stereocenters. The van der Waals surface area contributed by atoms with Crippen LogP contribution < -0.4 is 5.32 Å². The molecular weight excluding hydrogens is 244 g/mol. The maximum absolute atomic E-state index is 3.55. The highest BCUT2D eigenvalue weighted by Crippen LogP contribution is 2.25. The van der Waals surface area contributed by atoms with E-state index in [1.807, 2.05) is 0 Å². The van der Waals surface area contributed by atoms with E-state index in [9.17, 15) is 0 Å². The Hall–Kier alpha value is -2.22. The summed E-state index contributed by atoms with van der Waals surface area (Å²) < 4.78 is 2.29. The molecule has 0 radical (unpaired) electrons. The first-order valence-corrected chi connectivity index (χ1v) is 7.01. The number of aromatic nitrogens is 1. The zero-order valence-corrected chi connectivity index (χ0v) is 12.3. The van der Waals surface area contributed by atoms with E-state index < -0.39 is 0 Å². The van der Waals surface area contributed by atoms with Crippen molar-refractivity contribution in [2.24, 2.45) is 7.05 Å². The second kappa shape index (κ2) is 5.04. The molecule has 0 amide bonds. The second-order valence-corrected chi connectivity index (χ2v) is 5.32. The average molecular weight is 264 g/mol. The SMILES string of the molecule is Cc1ccccc1NCc1c(C)c2ccccc2n1C. The fourth-order valence-corrected chi connectivity index (χ4v) is 2.84. The molecule has 1 N–H and O–H groups in total. The van der Waals surface area contributed by atoms with Gasteiger partial charge in [0.15, 0.2) is 0 Å². The molecule has 0 saturated carbocycles. The molecule has 20 heavy (non-hydrogen) atoms. The molecule has 0 aliphatic heterocycles. The Labute approximate surface area is 120 Å². The van der Waals surface area contributed by atoms with Gasteiger partial charge in [0.1, 0.15) is 0 Å². The third-order valence-electron chi connectivity index (χ3n) is 4.10. The number of fused-ring (bicyclic) bond motifs is 1. The van der Waals surface area contributed by atoms with Gasteiger partial charge in [0.2, 0.25) is 0 Å². The third-order valence-corrected chi connectivity index (χ3v) is 4.10. The first kappa shape index (κ1) is 12.8. The number of aryl methyl sites for hydroxylation is 3. The van der Waals surface area contributed by atoms with E-state index in [0.717, 1.165) is 6.54 Å². The lowest BCUT2D eigenvalue weighted by molar-refractivity contribution is 0.862. The van der Waals surface area contributed by atoms with E-state index in [2.05, 4.69) is 79.3 Å². The van der Waals surface area contributed by atoms with Crippen LogP contribution in [0.15, 0.2) is 48.5 Å². The summed E-state index contributed by atoms with van der Waals surface area (Å²) in [7, 11) is 2.14. The minimum atomic E-state index is 0.849. The molecule has 0 saturated heterocycles. The van der Waals surface area contributed by atoms with Crippen molar-refractivity contribution >= 4 is 16.6 Å². The van der Waals surface area contributed by atoms with Crippen molar-refractivity contribution in [3.63, 3.8) is 0 Å². The summed E-state index contributed by atoms with van der Waals surface area (Å²) >= 11 is 0. The average Bonchev–Trinajstić information content (AvgIpc) is 2.71. The topological polar surface area (TPSA) is 17.0 Å². The van der Waals surface area contributed by atoms with Gasteiger partial charge in [0.05, 0.1) is 6.54 Å². The smallest absolute Gasteiger partial charge is 0.0556 e. The standard InChI is InChI=1S/C18H20N2/c1-13-8-4-6-10-16(13)19-12-18-14(2)15-9-5-7-11-17(15)20(18)3/h4-11,19H,12H2,1-3H3. The van der Waals surface area contributed by atoms with E-state index in [1.54, 1.807) is 0 Å². The summed E-state index contributed by atoms with van der Waals surface area (Å²) in [6.07, 6.45) is 0. The molecule has 0 aliphatic carbocycles. The van der Waals surface area contributed by atoms with Crippen LogP contribution in [0.25, 0.3) is 10.9 Å². The molecule has 2 aromatic carbocycles. The van der Waals surface area contributed by atoms with E-state index in [-0.39, 0.29) is 0 Å². The summed E-state index contributed by atoms with van der Waals surface area (Å²) in [5, 5.41) is 4.90. The first-order valence-electron chi connectivity index (χ1n) is 7.01. The number of para-hydroxylation sites is 2. The normalized spacial score (nSPS) is 10.9. The predicted octanol–water partition coefficient (Wildman–Crippen LogP) is 4.41. The number of hydrogen-bond acceptors (Lipinski definition) is 1. The van der Waals surface area contributed by atoms with Crippen LogP contribution in [0.3, 0.4) is 0 Å². The van der Waals surface area contributed by atoms with Crippen LogP contribution in [0.4, 0.5) is 5.69 Å². The fourth-order valence-electron chi connectivity index (χ4n) is 2.84. The fraction of sp³-hybridized carbons (Fsp3) is 0.222. The van der Waals surface area contributed by atoms with Crippen molar-refractivity contribution in [2.45, 2.75) is 20.4 Å². The van der Waals surface area contributed by atoms with Crippen LogP contribution >= 0.6 is 0 Å². The summed E-state index contributed by atoms with van der Waals surface area (Å²) in [5.74, 6) is 0. The molecule has 1 aromatic heterocycles. The van der Waals surface area contributed by atoms with Crippen LogP contribution in [-0.4, -0.2) is 4.57 Å². The molecule has 102 valence electrons. The molecule has 3 aromatic rings. The number of rotatable bonds is 3. The Morgan fingerprint density at radius 2 is 1.65 bits per heavy atom. The van der Waals surface area contributed by atoms with E-state index in [0.29, 0.717) is 0 Å². The zero-order valence-electron chi connectivity index (χ0n) is 12.3. The minimum absolute atomic E-state index is 0.849. The van der Waals surface area contributed by atoms with Crippen molar-refractivity contribution < 1.29 is 0 Å². The summed E-state index contributed by atoms with van der Waals surface area (Å²) in [6, 6.07) is 17.0. The van der Waals surface area contributed by atoms with E-state index in [4.69, 9.17) is 0 Å². The maximum atomic E-state index is 3.55. The van der Waals surface area contributed by atoms with Gasteiger partial charge in [-0.3, -0.25) is 0 Å². The van der Waals surface area contributed by atoms with Crippen molar-refractivity contribution in [1.29, 1.82) is 0 Å². The van der Waals surface area contributed by atoms with Gasteiger partial charge in [-0.2, -0.15) is 0 Å². The molecular formula is C18H20N2. The summed E-state index contributed by atoms with van der Waals surface area (Å²) in [4.78, 5) is 0. The van der Waals surface area contributed by atoms with Gasteiger partial charge in [0.25, 0.3) is 0 Å². The molecule has 2 heteroatoms. The van der Waals surface area contributed by atoms with Gasteiger partial charge in [-0.05, 0) is 37.1 Å². The van der Waals surface area contributed by atoms with Crippen molar-refractivity contribution in [3.05, 3.63) is 65.4 Å². The predicted molar refractivity (Wildman–Crippen MR) is 86.2 cm³/mol. The van der Waals surface area contributed by atoms with Crippen molar-refractivity contribution in [2.75, 3.05) is 5.32 Å². The lowest BCUT2D eigenvalue weighted by Gasteiger charge is -2.11. The van der Waals surface area contributed by atoms with Gasteiger partial charge in [-0.15, -0.1) is 0 Å². The highest BCUT2D eigenvalue weighted by atomic mass is 15.0. The van der Waals surface area contributed by atoms with Crippen LogP contribution in [-0.2, 0) is 13.6 Å². The van der Waals surface area contributed by atoms with Crippen LogP contribution in [0.5, 0.6) is 0 Å². The number of benzene rings is 2. The second-order valence-electron chi connectivity index (χ2n) is 5.32. The Bertz CT molecular complexity index is 714. The number of hydrogen-bond donors (Lipinski definition) is 1. The number of nitrogens with zero attached hydrogens (tertiary/aromatic N) is 1. The first-order chi connectivity index (χ1) is 9.68. The Kier molecular flexibility index (Phi) is 3.23. The number of anilines is 1. The third kappa shape index (κ3) is 2.07. The van der Waals surface area contributed by atoms with Gasteiger partial charge in [-0.1, -0.05) is 36.4 Å². The monoisotopic (exact) mass is 264 g/mol. The Morgan fingerprint density at radius 1 is 0.950 bits per heavy atom. The van der Waals surface area contributed by atoms with Crippen molar-refractivity contribution in [3.8, 4) is 0 Å². The highest BCUT2D eigenvalue weighted by Gasteiger charge is 2.10. The molecule has 0 bridgehead atoms. The van der Waals surface area contributed by atoms with Gasteiger partial charge < -0.3 is 9.88 Å². The highest BCUT2D eigenvalue weighted by molar-refractivity contribution is 5.85. The lowest BCUT2D eigenvalue weighted by atomic mass is 10.1. The molecule has 3 rings (SSSR count). The Balaban J connectivity index is 1.94. The van der Waals surface area contributed by atoms with Gasteiger partial charge in [0, 0.05) is 29.3 Å². The minimum Gasteiger partial charge on any atom is -0.379 e. The number of nitrogens with one attached hydrogen (secondary N) is 1. The van der Waals surface area contributed by atoms with Gasteiger partial charge in [-0.25, -0.2) is 0 Å². The molecule has 0 fully saturated rings. The molecule has 0 spiro atoms. The van der Waals surface area contributed by atoms with E-state index in [1.165, 1.54) is 33.4 Å². The van der Waals surface area contributed by atoms with Crippen LogP contribution in [0.2, 0.25) is 0 Å². The summed E-state index contributed by atoms with van der Waals surface area (Å²) in [5.41, 5.74) is 6.49. The quantitative estimate of drug-likeness (QED) is 0.741.